The molecule has 0 bridgehead atoms. The molecule has 0 aliphatic carbocycles. The maximum Gasteiger partial charge on any atom is 0.223 e. The molecule has 0 radical (unpaired) electrons. The Kier molecular flexibility index (Phi) is 5.81. The topological polar surface area (TPSA) is 53.6 Å². The molecule has 2 saturated heterocycles. The number of hydrogen-bond acceptors (Lipinski definition) is 4. The van der Waals surface area contributed by atoms with Crippen LogP contribution in [-0.4, -0.2) is 56.7 Å². The van der Waals surface area contributed by atoms with Crippen LogP contribution in [0.5, 0.6) is 0 Å². The third kappa shape index (κ3) is 4.12. The Morgan fingerprint density at radius 3 is 2.79 bits per heavy atom. The van der Waals surface area contributed by atoms with Crippen molar-refractivity contribution in [2.45, 2.75) is 13.0 Å². The van der Waals surface area contributed by atoms with Crippen molar-refractivity contribution in [3.8, 4) is 0 Å². The smallest absolute Gasteiger partial charge is 0.223 e. The van der Waals surface area contributed by atoms with Gasteiger partial charge in [-0.05, 0) is 36.7 Å². The van der Waals surface area contributed by atoms with Gasteiger partial charge in [0.1, 0.15) is 5.82 Å². The van der Waals surface area contributed by atoms with Gasteiger partial charge in [0.25, 0.3) is 0 Å². The predicted octanol–water partition coefficient (Wildman–Crippen LogP) is 1.17. The van der Waals surface area contributed by atoms with E-state index in [-0.39, 0.29) is 23.7 Å². The summed E-state index contributed by atoms with van der Waals surface area (Å²) in [7, 11) is 0. The van der Waals surface area contributed by atoms with E-state index in [0.717, 1.165) is 31.7 Å². The summed E-state index contributed by atoms with van der Waals surface area (Å²) in [5.74, 6) is 0.257. The molecule has 1 aromatic carbocycles. The van der Waals surface area contributed by atoms with Crippen LogP contribution < -0.4 is 10.6 Å². The first kappa shape index (κ1) is 17.3. The van der Waals surface area contributed by atoms with Gasteiger partial charge in [0.05, 0.1) is 19.3 Å². The molecule has 1 amide bonds. The lowest BCUT2D eigenvalue weighted by Crippen LogP contribution is -2.51. The Morgan fingerprint density at radius 1 is 1.42 bits per heavy atom. The van der Waals surface area contributed by atoms with E-state index in [1.807, 2.05) is 13.0 Å². The number of hydrogen-bond donors (Lipinski definition) is 2. The third-order valence-electron chi connectivity index (χ3n) is 5.12. The van der Waals surface area contributed by atoms with E-state index in [1.54, 1.807) is 12.1 Å². The average Bonchev–Trinajstić information content (AvgIpc) is 2.54. The summed E-state index contributed by atoms with van der Waals surface area (Å²) >= 11 is 0. The van der Waals surface area contributed by atoms with Crippen LogP contribution in [0.3, 0.4) is 0 Å². The second kappa shape index (κ2) is 8.05. The number of halogens is 1. The summed E-state index contributed by atoms with van der Waals surface area (Å²) < 4.78 is 19.1. The molecule has 2 aliphatic heterocycles. The first-order valence-electron chi connectivity index (χ1n) is 8.71. The zero-order valence-corrected chi connectivity index (χ0v) is 14.1. The number of nitrogens with one attached hydrogen (secondary N) is 2. The fraction of sp³-hybridized carbons (Fsp3) is 0.611. The van der Waals surface area contributed by atoms with Crippen LogP contribution in [0.2, 0.25) is 0 Å². The maximum absolute atomic E-state index is 13.6. The van der Waals surface area contributed by atoms with Crippen LogP contribution in [0.25, 0.3) is 0 Å². The fourth-order valence-corrected chi connectivity index (χ4v) is 3.30. The fourth-order valence-electron chi connectivity index (χ4n) is 3.30. The van der Waals surface area contributed by atoms with E-state index < -0.39 is 0 Å². The van der Waals surface area contributed by atoms with Crippen molar-refractivity contribution >= 4 is 5.91 Å². The highest BCUT2D eigenvalue weighted by Gasteiger charge is 2.30. The molecule has 0 spiro atoms. The van der Waals surface area contributed by atoms with Gasteiger partial charge >= 0.3 is 0 Å². The highest BCUT2D eigenvalue weighted by molar-refractivity contribution is 5.78. The van der Waals surface area contributed by atoms with Gasteiger partial charge in [0.2, 0.25) is 5.91 Å². The summed E-state index contributed by atoms with van der Waals surface area (Å²) in [6.07, 6.45) is 0. The highest BCUT2D eigenvalue weighted by Crippen LogP contribution is 2.23. The molecular weight excluding hydrogens is 309 g/mol. The number of carbonyl (C=O) groups excluding carboxylic acids is 1. The number of benzene rings is 1. The zero-order chi connectivity index (χ0) is 16.9. The lowest BCUT2D eigenvalue weighted by Gasteiger charge is -2.36. The molecule has 5 nitrogen and oxygen atoms in total. The number of nitrogens with zero attached hydrogens (tertiary/aromatic N) is 1. The molecule has 2 unspecified atom stereocenters. The Bertz CT molecular complexity index is 559. The van der Waals surface area contributed by atoms with Crippen molar-refractivity contribution in [2.24, 2.45) is 11.8 Å². The van der Waals surface area contributed by atoms with Crippen molar-refractivity contribution in [2.75, 3.05) is 45.9 Å². The van der Waals surface area contributed by atoms with E-state index >= 15 is 0 Å². The molecule has 2 atom stereocenters. The molecule has 0 saturated carbocycles. The number of ether oxygens (including phenoxy) is 1. The second-order valence-electron chi connectivity index (χ2n) is 6.67. The van der Waals surface area contributed by atoms with Crippen molar-refractivity contribution in [3.05, 3.63) is 35.6 Å². The summed E-state index contributed by atoms with van der Waals surface area (Å²) in [6.45, 7) is 7.21. The van der Waals surface area contributed by atoms with Gasteiger partial charge in [0.15, 0.2) is 0 Å². The number of morpholine rings is 1. The molecule has 3 rings (SSSR count). The lowest BCUT2D eigenvalue weighted by molar-refractivity contribution is -0.127. The average molecular weight is 335 g/mol. The molecule has 2 fully saturated rings. The van der Waals surface area contributed by atoms with Crippen LogP contribution in [0.4, 0.5) is 4.39 Å². The number of rotatable bonds is 6. The molecule has 24 heavy (non-hydrogen) atoms. The van der Waals surface area contributed by atoms with E-state index in [0.29, 0.717) is 25.7 Å². The van der Waals surface area contributed by atoms with Gasteiger partial charge in [-0.1, -0.05) is 19.1 Å². The van der Waals surface area contributed by atoms with Gasteiger partial charge in [0, 0.05) is 25.6 Å². The largest absolute Gasteiger partial charge is 0.379 e. The molecular formula is C18H26FN3O2. The minimum absolute atomic E-state index is 0.00380. The van der Waals surface area contributed by atoms with Crippen LogP contribution >= 0.6 is 0 Å². The van der Waals surface area contributed by atoms with Crippen LogP contribution in [0, 0.1) is 17.7 Å². The zero-order valence-electron chi connectivity index (χ0n) is 14.1. The molecule has 2 N–H and O–H groups in total. The van der Waals surface area contributed by atoms with Gasteiger partial charge in [-0.2, -0.15) is 0 Å². The Morgan fingerprint density at radius 2 is 2.17 bits per heavy atom. The maximum atomic E-state index is 13.6. The molecule has 6 heteroatoms. The van der Waals surface area contributed by atoms with Crippen LogP contribution in [-0.2, 0) is 9.53 Å². The third-order valence-corrected chi connectivity index (χ3v) is 5.12. The Balaban J connectivity index is 1.66. The second-order valence-corrected chi connectivity index (χ2v) is 6.67. The van der Waals surface area contributed by atoms with Crippen molar-refractivity contribution in [3.63, 3.8) is 0 Å². The normalized spacial score (nSPS) is 21.8. The minimum atomic E-state index is -0.244. The van der Waals surface area contributed by atoms with Crippen molar-refractivity contribution in [1.82, 2.24) is 15.5 Å². The summed E-state index contributed by atoms with van der Waals surface area (Å²) in [6, 6.07) is 6.63. The molecule has 0 aromatic heterocycles. The molecule has 1 aromatic rings. The van der Waals surface area contributed by atoms with Gasteiger partial charge in [-0.3, -0.25) is 9.69 Å². The van der Waals surface area contributed by atoms with Gasteiger partial charge < -0.3 is 15.4 Å². The molecule has 2 heterocycles. The summed E-state index contributed by atoms with van der Waals surface area (Å²) in [5, 5.41) is 6.28. The van der Waals surface area contributed by atoms with E-state index in [1.165, 1.54) is 6.07 Å². The SMILES string of the molecule is CC(C(=O)NCC(c1cccc(F)c1)N1CCOCC1)C1CNC1. The van der Waals surface area contributed by atoms with E-state index in [2.05, 4.69) is 15.5 Å². The monoisotopic (exact) mass is 335 g/mol. The van der Waals surface area contributed by atoms with Crippen molar-refractivity contribution in [1.29, 1.82) is 0 Å². The molecule has 132 valence electrons. The number of carbonyl (C=O) groups is 1. The minimum Gasteiger partial charge on any atom is -0.379 e. The first-order valence-corrected chi connectivity index (χ1v) is 8.71. The van der Waals surface area contributed by atoms with Crippen molar-refractivity contribution < 1.29 is 13.9 Å². The lowest BCUT2D eigenvalue weighted by atomic mass is 9.88. The van der Waals surface area contributed by atoms with Crippen LogP contribution in [0.1, 0.15) is 18.5 Å². The summed E-state index contributed by atoms with van der Waals surface area (Å²) in [5.41, 5.74) is 0.898. The van der Waals surface area contributed by atoms with E-state index in [9.17, 15) is 9.18 Å². The van der Waals surface area contributed by atoms with E-state index in [4.69, 9.17) is 4.74 Å². The number of amides is 1. The van der Waals surface area contributed by atoms with Crippen LogP contribution in [0.15, 0.2) is 24.3 Å². The summed E-state index contributed by atoms with van der Waals surface area (Å²) in [4.78, 5) is 14.7. The molecule has 2 aliphatic rings. The first-order chi connectivity index (χ1) is 11.6. The Hall–Kier alpha value is -1.50. The van der Waals surface area contributed by atoms with Gasteiger partial charge in [-0.25, -0.2) is 4.39 Å². The highest BCUT2D eigenvalue weighted by atomic mass is 19.1. The standard InChI is InChI=1S/C18H26FN3O2/c1-13(15-10-20-11-15)18(23)21-12-17(22-5-7-24-8-6-22)14-3-2-4-16(19)9-14/h2-4,9,13,15,17,20H,5-8,10-12H2,1H3,(H,21,23). The van der Waals surface area contributed by atoms with Gasteiger partial charge in [-0.15, -0.1) is 0 Å². The Labute approximate surface area is 142 Å². The quantitative estimate of drug-likeness (QED) is 0.819. The predicted molar refractivity (Wildman–Crippen MR) is 90.1 cm³/mol.